The lowest BCUT2D eigenvalue weighted by Gasteiger charge is -2.15. The van der Waals surface area contributed by atoms with Crippen molar-refractivity contribution in [2.24, 2.45) is 11.1 Å². The van der Waals surface area contributed by atoms with Gasteiger partial charge in [-0.2, -0.15) is 0 Å². The van der Waals surface area contributed by atoms with Crippen LogP contribution in [0.4, 0.5) is 0 Å². The number of methoxy groups -OCH3 is 2. The van der Waals surface area contributed by atoms with Crippen LogP contribution in [0.2, 0.25) is 0 Å². The number of aliphatic hydroxyl groups excluding tert-OH is 1. The molecule has 0 saturated carbocycles. The fourth-order valence-corrected chi connectivity index (χ4v) is 3.01. The van der Waals surface area contributed by atoms with Crippen LogP contribution < -0.4 is 0 Å². The molecule has 9 nitrogen and oxygen atoms in total. The zero-order valence-corrected chi connectivity index (χ0v) is 19.0. The van der Waals surface area contributed by atoms with E-state index in [-0.39, 0.29) is 37.1 Å². The van der Waals surface area contributed by atoms with Crippen molar-refractivity contribution < 1.29 is 24.2 Å². The highest BCUT2D eigenvalue weighted by molar-refractivity contribution is 5.71. The van der Waals surface area contributed by atoms with Crippen molar-refractivity contribution in [3.8, 4) is 0 Å². The van der Waals surface area contributed by atoms with E-state index in [1.54, 1.807) is 30.3 Å². The molecule has 0 radical (unpaired) electrons. The van der Waals surface area contributed by atoms with E-state index in [9.17, 15) is 9.90 Å². The molecule has 1 N–H and O–H groups in total. The van der Waals surface area contributed by atoms with E-state index in [2.05, 4.69) is 20.2 Å². The predicted octanol–water partition coefficient (Wildman–Crippen LogP) is 2.89. The molecular formula is C23H32N4O5. The molecule has 0 unspecified atom stereocenters. The quantitative estimate of drug-likeness (QED) is 0.219. The number of hydrogen-bond donors (Lipinski definition) is 1. The van der Waals surface area contributed by atoms with Gasteiger partial charge in [0.25, 0.3) is 0 Å². The van der Waals surface area contributed by atoms with E-state index < -0.39 is 6.10 Å². The third-order valence-electron chi connectivity index (χ3n) is 5.01. The molecular weight excluding hydrogens is 412 g/mol. The van der Waals surface area contributed by atoms with Gasteiger partial charge in [0.15, 0.2) is 6.10 Å². The third kappa shape index (κ3) is 7.90. The molecule has 0 bridgehead atoms. The van der Waals surface area contributed by atoms with E-state index >= 15 is 0 Å². The zero-order valence-electron chi connectivity index (χ0n) is 19.0. The minimum atomic E-state index is -0.432. The number of oxime groups is 1. The summed E-state index contributed by atoms with van der Waals surface area (Å²) in [6.45, 7) is 3.71. The number of benzene rings is 1. The van der Waals surface area contributed by atoms with Crippen LogP contribution in [0, 0.1) is 5.92 Å². The van der Waals surface area contributed by atoms with Crippen LogP contribution in [0.3, 0.4) is 0 Å². The Morgan fingerprint density at radius 2 is 2.00 bits per heavy atom. The minimum Gasteiger partial charge on any atom is -0.469 e. The smallest absolute Gasteiger partial charge is 0.309 e. The third-order valence-corrected chi connectivity index (χ3v) is 5.01. The van der Waals surface area contributed by atoms with E-state index in [1.807, 2.05) is 50.3 Å². The standard InChI is InChI=1S/C23H32N4O5/c1-17(9-8-12-23(29)31-4)22(30-3)14-24-32-18(2)21-15-27(26-25-21)20(16-28)13-19-10-6-5-7-11-19/h5-11,14-15,17-18,20,22,28H,12-13,16H2,1-4H3/t17-,18+,20+,22-/m1/s1. The molecule has 0 saturated heterocycles. The zero-order chi connectivity index (χ0) is 23.3. The maximum Gasteiger partial charge on any atom is 0.309 e. The molecule has 4 atom stereocenters. The molecule has 174 valence electrons. The van der Waals surface area contributed by atoms with Gasteiger partial charge in [-0.05, 0) is 18.9 Å². The Kier molecular flexibility index (Phi) is 10.6. The molecule has 1 aromatic carbocycles. The van der Waals surface area contributed by atoms with Crippen molar-refractivity contribution in [2.45, 2.75) is 44.9 Å². The number of esters is 1. The molecule has 1 aromatic heterocycles. The van der Waals surface area contributed by atoms with Gasteiger partial charge in [0.05, 0.1) is 38.6 Å². The molecule has 0 fully saturated rings. The highest BCUT2D eigenvalue weighted by Crippen LogP contribution is 2.18. The Hall–Kier alpha value is -3.04. The van der Waals surface area contributed by atoms with Gasteiger partial charge in [-0.3, -0.25) is 4.79 Å². The first-order valence-corrected chi connectivity index (χ1v) is 10.5. The Balaban J connectivity index is 1.91. The van der Waals surface area contributed by atoms with Crippen molar-refractivity contribution >= 4 is 12.2 Å². The number of nitrogens with zero attached hydrogens (tertiary/aromatic N) is 4. The number of aromatic nitrogens is 3. The van der Waals surface area contributed by atoms with Crippen LogP contribution in [0.5, 0.6) is 0 Å². The summed E-state index contributed by atoms with van der Waals surface area (Å²) in [4.78, 5) is 16.7. The van der Waals surface area contributed by atoms with Crippen LogP contribution in [0.15, 0.2) is 53.8 Å². The van der Waals surface area contributed by atoms with Crippen LogP contribution in [0.25, 0.3) is 0 Å². The van der Waals surface area contributed by atoms with Crippen molar-refractivity contribution in [3.05, 3.63) is 59.9 Å². The predicted molar refractivity (Wildman–Crippen MR) is 120 cm³/mol. The fraction of sp³-hybridized carbons (Fsp3) is 0.478. The summed E-state index contributed by atoms with van der Waals surface area (Å²) in [5, 5.41) is 22.1. The molecule has 9 heteroatoms. The van der Waals surface area contributed by atoms with Gasteiger partial charge >= 0.3 is 5.97 Å². The fourth-order valence-electron chi connectivity index (χ4n) is 3.01. The summed E-state index contributed by atoms with van der Waals surface area (Å²) in [5.74, 6) is -0.315. The molecule has 0 spiro atoms. The second kappa shape index (κ2) is 13.4. The van der Waals surface area contributed by atoms with Crippen molar-refractivity contribution in [1.82, 2.24) is 15.0 Å². The van der Waals surface area contributed by atoms with Gasteiger partial charge in [-0.1, -0.05) is 59.8 Å². The number of ether oxygens (including phenoxy) is 2. The number of carbonyl (C=O) groups is 1. The van der Waals surface area contributed by atoms with Gasteiger partial charge in [0.2, 0.25) is 0 Å². The maximum absolute atomic E-state index is 11.2. The monoisotopic (exact) mass is 444 g/mol. The number of rotatable bonds is 13. The van der Waals surface area contributed by atoms with Crippen molar-refractivity contribution in [1.29, 1.82) is 0 Å². The van der Waals surface area contributed by atoms with Crippen molar-refractivity contribution in [2.75, 3.05) is 20.8 Å². The van der Waals surface area contributed by atoms with Gasteiger partial charge in [-0.25, -0.2) is 4.68 Å². The Bertz CT molecular complexity index is 868. The van der Waals surface area contributed by atoms with Crippen LogP contribution >= 0.6 is 0 Å². The second-order valence-electron chi connectivity index (χ2n) is 7.42. The molecule has 2 aromatic rings. The lowest BCUT2D eigenvalue weighted by molar-refractivity contribution is -0.139. The normalized spacial score (nSPS) is 15.5. The molecule has 2 rings (SSSR count). The first kappa shape index (κ1) is 25.2. The first-order chi connectivity index (χ1) is 15.5. The van der Waals surface area contributed by atoms with Gasteiger partial charge < -0.3 is 19.4 Å². The summed E-state index contributed by atoms with van der Waals surface area (Å²) in [5.41, 5.74) is 1.71. The average Bonchev–Trinajstić information content (AvgIpc) is 3.30. The van der Waals surface area contributed by atoms with Crippen LogP contribution in [-0.4, -0.2) is 59.2 Å². The highest BCUT2D eigenvalue weighted by atomic mass is 16.6. The summed E-state index contributed by atoms with van der Waals surface area (Å²) < 4.78 is 11.7. The summed E-state index contributed by atoms with van der Waals surface area (Å²) >= 11 is 0. The Morgan fingerprint density at radius 1 is 1.25 bits per heavy atom. The number of hydrogen-bond acceptors (Lipinski definition) is 8. The second-order valence-corrected chi connectivity index (χ2v) is 7.42. The first-order valence-electron chi connectivity index (χ1n) is 10.5. The molecule has 32 heavy (non-hydrogen) atoms. The van der Waals surface area contributed by atoms with E-state index in [0.29, 0.717) is 12.1 Å². The van der Waals surface area contributed by atoms with Gasteiger partial charge in [0.1, 0.15) is 11.8 Å². The molecule has 0 aliphatic carbocycles. The Morgan fingerprint density at radius 3 is 2.66 bits per heavy atom. The summed E-state index contributed by atoms with van der Waals surface area (Å²) in [7, 11) is 2.94. The molecule has 0 amide bonds. The summed E-state index contributed by atoms with van der Waals surface area (Å²) in [6.07, 6.45) is 7.03. The van der Waals surface area contributed by atoms with E-state index in [1.165, 1.54) is 7.11 Å². The van der Waals surface area contributed by atoms with Gasteiger partial charge in [-0.15, -0.1) is 5.10 Å². The lowest BCUT2D eigenvalue weighted by atomic mass is 10.0. The largest absolute Gasteiger partial charge is 0.469 e. The topological polar surface area (TPSA) is 108 Å². The molecule has 1 heterocycles. The Labute approximate surface area is 188 Å². The number of carbonyl (C=O) groups excluding carboxylic acids is 1. The van der Waals surface area contributed by atoms with Gasteiger partial charge in [0, 0.05) is 13.0 Å². The van der Waals surface area contributed by atoms with E-state index in [4.69, 9.17) is 9.57 Å². The van der Waals surface area contributed by atoms with E-state index in [0.717, 1.165) is 5.56 Å². The van der Waals surface area contributed by atoms with Crippen molar-refractivity contribution in [3.63, 3.8) is 0 Å². The molecule has 0 aliphatic rings. The number of aliphatic hydroxyl groups is 1. The SMILES string of the molecule is COC(=O)CC=C[C@@H](C)[C@@H](C=NO[C@@H](C)c1cn([C@H](CO)Cc2ccccc2)nn1)OC. The lowest BCUT2D eigenvalue weighted by Crippen LogP contribution is -2.20. The maximum atomic E-state index is 11.2. The average molecular weight is 445 g/mol. The molecule has 0 aliphatic heterocycles. The minimum absolute atomic E-state index is 0.0171. The highest BCUT2D eigenvalue weighted by Gasteiger charge is 2.17. The summed E-state index contributed by atoms with van der Waals surface area (Å²) in [6, 6.07) is 9.70. The van der Waals surface area contributed by atoms with Crippen LogP contribution in [-0.2, 0) is 25.5 Å². The van der Waals surface area contributed by atoms with Crippen LogP contribution in [0.1, 0.15) is 43.7 Å².